The second-order valence-corrected chi connectivity index (χ2v) is 6.82. The zero-order chi connectivity index (χ0) is 19.3. The zero-order valence-corrected chi connectivity index (χ0v) is 16.0. The monoisotopic (exact) mass is 360 g/mol. The molecule has 0 aliphatic carbocycles. The van der Waals surface area contributed by atoms with Crippen molar-refractivity contribution in [2.24, 2.45) is 11.3 Å². The summed E-state index contributed by atoms with van der Waals surface area (Å²) < 4.78 is 16.8. The zero-order valence-electron chi connectivity index (χ0n) is 16.0. The standard InChI is InChI=1S/C21H28O5/c1-6-24-19(22)21(20(23)25-7-2)15(5)17(13-14(3)4)26-18(21)16-11-9-8-10-12-16/h8-12,14,17-18H,5-7,13H2,1-4H3. The van der Waals surface area contributed by atoms with Crippen molar-refractivity contribution in [1.82, 2.24) is 0 Å². The Morgan fingerprint density at radius 1 is 1.12 bits per heavy atom. The number of carbonyl (C=O) groups excluding carboxylic acids is 2. The van der Waals surface area contributed by atoms with E-state index in [1.54, 1.807) is 13.8 Å². The van der Waals surface area contributed by atoms with Crippen LogP contribution in [0, 0.1) is 11.3 Å². The van der Waals surface area contributed by atoms with Crippen molar-refractivity contribution in [3.8, 4) is 0 Å². The molecule has 1 aromatic rings. The molecule has 5 heteroatoms. The van der Waals surface area contributed by atoms with Crippen LogP contribution in [0.5, 0.6) is 0 Å². The van der Waals surface area contributed by atoms with Crippen molar-refractivity contribution in [1.29, 1.82) is 0 Å². The molecule has 2 atom stereocenters. The lowest BCUT2D eigenvalue weighted by molar-refractivity contribution is -0.174. The van der Waals surface area contributed by atoms with Gasteiger partial charge in [-0.1, -0.05) is 50.8 Å². The van der Waals surface area contributed by atoms with Gasteiger partial charge in [-0.2, -0.15) is 0 Å². The average molecular weight is 360 g/mol. The molecule has 0 bridgehead atoms. The van der Waals surface area contributed by atoms with Crippen LogP contribution >= 0.6 is 0 Å². The van der Waals surface area contributed by atoms with Crippen molar-refractivity contribution in [2.75, 3.05) is 13.2 Å². The molecule has 0 radical (unpaired) electrons. The molecule has 142 valence electrons. The second-order valence-electron chi connectivity index (χ2n) is 6.82. The molecule has 1 aliphatic rings. The van der Waals surface area contributed by atoms with Crippen LogP contribution in [0.25, 0.3) is 0 Å². The SMILES string of the molecule is C=C1C(CC(C)C)OC(c2ccccc2)C1(C(=O)OCC)C(=O)OCC. The topological polar surface area (TPSA) is 61.8 Å². The van der Waals surface area contributed by atoms with Crippen molar-refractivity contribution in [3.05, 3.63) is 48.0 Å². The maximum atomic E-state index is 13.0. The first-order chi connectivity index (χ1) is 12.4. The first-order valence-electron chi connectivity index (χ1n) is 9.13. The maximum Gasteiger partial charge on any atom is 0.330 e. The van der Waals surface area contributed by atoms with Crippen LogP contribution in [0.2, 0.25) is 0 Å². The molecule has 1 saturated heterocycles. The van der Waals surface area contributed by atoms with Gasteiger partial charge in [0.1, 0.15) is 6.10 Å². The minimum absolute atomic E-state index is 0.156. The lowest BCUT2D eigenvalue weighted by Crippen LogP contribution is -2.45. The lowest BCUT2D eigenvalue weighted by atomic mass is 9.73. The van der Waals surface area contributed by atoms with E-state index in [0.29, 0.717) is 17.9 Å². The predicted molar refractivity (Wildman–Crippen MR) is 98.4 cm³/mol. The molecule has 0 spiro atoms. The van der Waals surface area contributed by atoms with Crippen LogP contribution in [0.1, 0.15) is 45.8 Å². The molecule has 1 aliphatic heterocycles. The number of ether oxygens (including phenoxy) is 3. The summed E-state index contributed by atoms with van der Waals surface area (Å²) in [6.07, 6.45) is -0.588. The highest BCUT2D eigenvalue weighted by atomic mass is 16.6. The number of hydrogen-bond donors (Lipinski definition) is 0. The Labute approximate surface area is 155 Å². The van der Waals surface area contributed by atoms with Crippen molar-refractivity contribution in [2.45, 2.75) is 46.3 Å². The second kappa shape index (κ2) is 8.49. The predicted octanol–water partition coefficient (Wildman–Crippen LogP) is 3.84. The molecule has 1 heterocycles. The Bertz CT molecular complexity index is 632. The summed E-state index contributed by atoms with van der Waals surface area (Å²) in [4.78, 5) is 26.1. The maximum absolute atomic E-state index is 13.0. The Morgan fingerprint density at radius 2 is 1.65 bits per heavy atom. The average Bonchev–Trinajstić information content (AvgIpc) is 2.89. The van der Waals surface area contributed by atoms with Gasteiger partial charge in [-0.25, -0.2) is 0 Å². The fourth-order valence-corrected chi connectivity index (χ4v) is 3.40. The molecule has 26 heavy (non-hydrogen) atoms. The molecule has 0 saturated carbocycles. The van der Waals surface area contributed by atoms with Gasteiger partial charge in [0, 0.05) is 0 Å². The van der Waals surface area contributed by atoms with E-state index in [4.69, 9.17) is 14.2 Å². The summed E-state index contributed by atoms with van der Waals surface area (Å²) in [5.41, 5.74) is -0.551. The van der Waals surface area contributed by atoms with Gasteiger partial charge in [0.05, 0.1) is 19.3 Å². The van der Waals surface area contributed by atoms with Gasteiger partial charge >= 0.3 is 11.9 Å². The third-order valence-electron chi connectivity index (χ3n) is 4.57. The molecule has 1 aromatic carbocycles. The first kappa shape index (κ1) is 20.2. The Balaban J connectivity index is 2.61. The number of rotatable bonds is 7. The summed E-state index contributed by atoms with van der Waals surface area (Å²) in [5, 5.41) is 0. The fourth-order valence-electron chi connectivity index (χ4n) is 3.40. The third-order valence-corrected chi connectivity index (χ3v) is 4.57. The summed E-state index contributed by atoms with van der Waals surface area (Å²) in [5.74, 6) is -1.01. The van der Waals surface area contributed by atoms with E-state index in [1.807, 2.05) is 30.3 Å². The van der Waals surface area contributed by atoms with E-state index >= 15 is 0 Å². The van der Waals surface area contributed by atoms with E-state index in [0.717, 1.165) is 5.56 Å². The van der Waals surface area contributed by atoms with E-state index in [1.165, 1.54) is 0 Å². The van der Waals surface area contributed by atoms with E-state index in [-0.39, 0.29) is 13.2 Å². The quantitative estimate of drug-likeness (QED) is 0.420. The molecule has 2 unspecified atom stereocenters. The van der Waals surface area contributed by atoms with Gasteiger partial charge in [-0.05, 0) is 37.3 Å². The Kier molecular flexibility index (Phi) is 6.59. The highest BCUT2D eigenvalue weighted by molar-refractivity contribution is 6.05. The molecule has 0 aromatic heterocycles. The van der Waals surface area contributed by atoms with Gasteiger partial charge in [0.2, 0.25) is 5.41 Å². The van der Waals surface area contributed by atoms with Crippen molar-refractivity contribution in [3.63, 3.8) is 0 Å². The van der Waals surface area contributed by atoms with E-state index in [9.17, 15) is 9.59 Å². The molecule has 0 amide bonds. The van der Waals surface area contributed by atoms with Crippen LogP contribution in [0.15, 0.2) is 42.5 Å². The highest BCUT2D eigenvalue weighted by Gasteiger charge is 2.64. The first-order valence-corrected chi connectivity index (χ1v) is 9.13. The Morgan fingerprint density at radius 3 is 2.12 bits per heavy atom. The number of hydrogen-bond acceptors (Lipinski definition) is 5. The van der Waals surface area contributed by atoms with Crippen LogP contribution in [0.3, 0.4) is 0 Å². The largest absolute Gasteiger partial charge is 0.465 e. The summed E-state index contributed by atoms with van der Waals surface area (Å²) in [6.45, 7) is 11.9. The van der Waals surface area contributed by atoms with E-state index in [2.05, 4.69) is 20.4 Å². The van der Waals surface area contributed by atoms with Gasteiger partial charge in [0.15, 0.2) is 0 Å². The van der Waals surface area contributed by atoms with Crippen molar-refractivity contribution < 1.29 is 23.8 Å². The van der Waals surface area contributed by atoms with Gasteiger partial charge in [-0.15, -0.1) is 0 Å². The third kappa shape index (κ3) is 3.54. The molecule has 2 rings (SSSR count). The fraction of sp³-hybridized carbons (Fsp3) is 0.524. The smallest absolute Gasteiger partial charge is 0.330 e. The highest BCUT2D eigenvalue weighted by Crippen LogP contribution is 2.54. The van der Waals surface area contributed by atoms with Crippen molar-refractivity contribution >= 4 is 11.9 Å². The summed E-state index contributed by atoms with van der Waals surface area (Å²) in [6, 6.07) is 9.23. The van der Waals surface area contributed by atoms with Gasteiger partial charge < -0.3 is 14.2 Å². The van der Waals surface area contributed by atoms with Gasteiger partial charge in [-0.3, -0.25) is 9.59 Å². The molecular weight excluding hydrogens is 332 g/mol. The van der Waals surface area contributed by atoms with Gasteiger partial charge in [0.25, 0.3) is 0 Å². The van der Waals surface area contributed by atoms with Crippen LogP contribution in [-0.4, -0.2) is 31.3 Å². The molecule has 5 nitrogen and oxygen atoms in total. The molecular formula is C21H28O5. The van der Waals surface area contributed by atoms with Crippen LogP contribution in [0.4, 0.5) is 0 Å². The number of carbonyl (C=O) groups is 2. The summed E-state index contributed by atoms with van der Waals surface area (Å²) in [7, 11) is 0. The van der Waals surface area contributed by atoms with E-state index < -0.39 is 29.6 Å². The summed E-state index contributed by atoms with van der Waals surface area (Å²) >= 11 is 0. The lowest BCUT2D eigenvalue weighted by Gasteiger charge is -2.30. The number of esters is 2. The van der Waals surface area contributed by atoms with Crippen LogP contribution < -0.4 is 0 Å². The normalized spacial score (nSPS) is 21.7. The molecule has 0 N–H and O–H groups in total. The van der Waals surface area contributed by atoms with Crippen LogP contribution in [-0.2, 0) is 23.8 Å². The number of benzene rings is 1. The molecule has 1 fully saturated rings. The Hall–Kier alpha value is -2.14. The minimum Gasteiger partial charge on any atom is -0.465 e. The minimum atomic E-state index is -1.69.